The van der Waals surface area contributed by atoms with E-state index in [9.17, 15) is 14.7 Å². The molecule has 1 atom stereocenters. The minimum atomic E-state index is -0.480. The summed E-state index contributed by atoms with van der Waals surface area (Å²) >= 11 is 1.08. The van der Waals surface area contributed by atoms with Gasteiger partial charge in [0.15, 0.2) is 11.5 Å². The molecule has 4 rings (SSSR count). The normalized spacial score (nSPS) is 14.5. The van der Waals surface area contributed by atoms with Crippen molar-refractivity contribution in [2.75, 3.05) is 58.3 Å². The second-order valence-electron chi connectivity index (χ2n) is 9.32. The lowest BCUT2D eigenvalue weighted by molar-refractivity contribution is -0.759. The number of aromatic nitrogens is 2. The van der Waals surface area contributed by atoms with Gasteiger partial charge < -0.3 is 24.2 Å². The molecule has 1 aliphatic heterocycles. The lowest BCUT2D eigenvalue weighted by Crippen LogP contribution is -2.66. The first-order valence-electron chi connectivity index (χ1n) is 13.0. The number of aliphatic imine (C=N–C) groups is 1. The summed E-state index contributed by atoms with van der Waals surface area (Å²) in [4.78, 5) is 32.6. The standard InChI is InChI=1S/C28H33N5O7S/c1-19(18-41-28(36)21-8-6-5-7-9-21)27(35)29-24-17-33(30-40-24)32-12-10-31(11-13-32)25(34)16-20-14-22(37-2)26(39-4)23(15-20)38-3/h5-9,14-15,17,19H,10-13,16,18H2,1-4H3/t19-/m1/s1. The van der Waals surface area contributed by atoms with Crippen molar-refractivity contribution in [3.8, 4) is 17.2 Å². The van der Waals surface area contributed by atoms with Gasteiger partial charge in [0.2, 0.25) is 22.0 Å². The van der Waals surface area contributed by atoms with Crippen LogP contribution in [0.15, 0.2) is 58.2 Å². The Kier molecular flexibility index (Phi) is 10.1. The van der Waals surface area contributed by atoms with Crippen molar-refractivity contribution in [1.29, 1.82) is 0 Å². The van der Waals surface area contributed by atoms with E-state index in [1.54, 1.807) is 48.2 Å². The lowest BCUT2D eigenvalue weighted by Gasteiger charge is -2.30. The molecule has 0 aliphatic carbocycles. The summed E-state index contributed by atoms with van der Waals surface area (Å²) in [6.45, 7) is 3.72. The molecule has 0 N–H and O–H groups in total. The zero-order valence-electron chi connectivity index (χ0n) is 23.4. The van der Waals surface area contributed by atoms with Gasteiger partial charge in [-0.3, -0.25) is 14.1 Å². The fourth-order valence-electron chi connectivity index (χ4n) is 4.23. The van der Waals surface area contributed by atoms with E-state index in [4.69, 9.17) is 18.7 Å². The summed E-state index contributed by atoms with van der Waals surface area (Å²) in [5, 5.41) is 18.3. The molecule has 1 fully saturated rings. The van der Waals surface area contributed by atoms with Gasteiger partial charge in [-0.15, -0.1) is 5.01 Å². The number of methoxy groups -OCH3 is 3. The molecule has 0 bridgehead atoms. The van der Waals surface area contributed by atoms with E-state index in [-0.39, 0.29) is 23.3 Å². The number of carbonyl (C=O) groups is 2. The third-order valence-corrected chi connectivity index (χ3v) is 7.70. The number of benzene rings is 2. The van der Waals surface area contributed by atoms with Gasteiger partial charge in [0.05, 0.1) is 45.6 Å². The Bertz CT molecular complexity index is 1350. The molecule has 1 aliphatic rings. The van der Waals surface area contributed by atoms with Gasteiger partial charge in [0.25, 0.3) is 6.20 Å². The van der Waals surface area contributed by atoms with E-state index >= 15 is 0 Å². The van der Waals surface area contributed by atoms with E-state index < -0.39 is 11.8 Å². The zero-order chi connectivity index (χ0) is 29.4. The van der Waals surface area contributed by atoms with E-state index in [0.717, 1.165) is 17.3 Å². The van der Waals surface area contributed by atoms with E-state index in [1.165, 1.54) is 32.3 Å². The van der Waals surface area contributed by atoms with Gasteiger partial charge in [-0.2, -0.15) is 0 Å². The molecular formula is C28H33N5O7S. The van der Waals surface area contributed by atoms with Crippen LogP contribution in [0.3, 0.4) is 0 Å². The maximum absolute atomic E-state index is 13.0. The smallest absolute Gasteiger partial charge is 0.324 e. The summed E-state index contributed by atoms with van der Waals surface area (Å²) in [7, 11) is 4.60. The third-order valence-electron chi connectivity index (χ3n) is 6.54. The van der Waals surface area contributed by atoms with Gasteiger partial charge in [-0.05, 0) is 29.5 Å². The molecule has 2 aromatic carbocycles. The number of amides is 1. The Labute approximate surface area is 242 Å². The fraction of sp³-hybridized carbons (Fsp3) is 0.393. The Morgan fingerprint density at radius 3 is 2.34 bits per heavy atom. The molecule has 1 amide bonds. The predicted octanol–water partition coefficient (Wildman–Crippen LogP) is 1.61. The molecule has 0 spiro atoms. The van der Waals surface area contributed by atoms with Crippen LogP contribution < -0.4 is 29.1 Å². The molecule has 0 unspecified atom stereocenters. The number of ether oxygens (including phenoxy) is 3. The van der Waals surface area contributed by atoms with Crippen molar-refractivity contribution in [1.82, 2.24) is 10.2 Å². The van der Waals surface area contributed by atoms with E-state index in [0.29, 0.717) is 54.7 Å². The second kappa shape index (κ2) is 13.9. The molecule has 13 heteroatoms. The number of thioether (sulfide) groups is 1. The Balaban J connectivity index is 1.29. The Hall–Kier alpha value is -4.26. The molecule has 1 aromatic heterocycles. The van der Waals surface area contributed by atoms with Crippen molar-refractivity contribution >= 4 is 34.6 Å². The largest absolute Gasteiger partial charge is 0.861 e. The molecule has 218 valence electrons. The number of piperazine rings is 1. The molecule has 0 radical (unpaired) electrons. The van der Waals surface area contributed by atoms with Gasteiger partial charge in [-0.25, -0.2) is 4.99 Å². The first-order valence-corrected chi connectivity index (χ1v) is 14.0. The van der Waals surface area contributed by atoms with Crippen LogP contribution in [0.1, 0.15) is 22.8 Å². The molecule has 2 heterocycles. The Morgan fingerprint density at radius 2 is 1.73 bits per heavy atom. The Morgan fingerprint density at radius 1 is 1.07 bits per heavy atom. The molecule has 41 heavy (non-hydrogen) atoms. The highest BCUT2D eigenvalue weighted by molar-refractivity contribution is 8.14. The summed E-state index contributed by atoms with van der Waals surface area (Å²) in [6.07, 6.45) is 1.71. The second-order valence-corrected chi connectivity index (χ2v) is 10.3. The SMILES string of the molecule is COc1cc(CC(=O)N2CCN([n+]3cc(N=C([O-])[C@H](C)CSC(=O)c4ccccc4)on3)CC2)cc(OC)c1OC. The number of hydrogen-bond donors (Lipinski definition) is 0. The van der Waals surface area contributed by atoms with Crippen LogP contribution in [-0.2, 0) is 11.2 Å². The summed E-state index contributed by atoms with van der Waals surface area (Å²) < 4.78 is 21.4. The molecule has 3 aromatic rings. The molecular weight excluding hydrogens is 550 g/mol. The highest BCUT2D eigenvalue weighted by atomic mass is 32.2. The maximum Gasteiger partial charge on any atom is 0.324 e. The van der Waals surface area contributed by atoms with E-state index in [2.05, 4.69) is 10.3 Å². The average molecular weight is 584 g/mol. The topological polar surface area (TPSA) is 134 Å². The van der Waals surface area contributed by atoms with Crippen molar-refractivity contribution in [2.24, 2.45) is 10.9 Å². The van der Waals surface area contributed by atoms with Crippen LogP contribution in [0.2, 0.25) is 0 Å². The number of nitrogens with zero attached hydrogens (tertiary/aromatic N) is 5. The number of rotatable bonds is 11. The molecule has 1 saturated heterocycles. The van der Waals surface area contributed by atoms with Gasteiger partial charge in [-0.1, -0.05) is 49.0 Å². The van der Waals surface area contributed by atoms with Crippen LogP contribution in [0.5, 0.6) is 17.2 Å². The van der Waals surface area contributed by atoms with Crippen LogP contribution >= 0.6 is 11.8 Å². The van der Waals surface area contributed by atoms with Crippen LogP contribution in [0.25, 0.3) is 0 Å². The molecule has 12 nitrogen and oxygen atoms in total. The van der Waals surface area contributed by atoms with E-state index in [1.807, 2.05) is 11.1 Å². The first kappa shape index (κ1) is 29.7. The minimum absolute atomic E-state index is 0.0250. The van der Waals surface area contributed by atoms with Crippen molar-refractivity contribution in [3.63, 3.8) is 0 Å². The van der Waals surface area contributed by atoms with Gasteiger partial charge in [0.1, 0.15) is 0 Å². The van der Waals surface area contributed by atoms with Crippen molar-refractivity contribution in [3.05, 3.63) is 59.8 Å². The average Bonchev–Trinajstić information content (AvgIpc) is 3.47. The number of carbonyl (C=O) groups excluding carboxylic acids is 2. The highest BCUT2D eigenvalue weighted by Gasteiger charge is 2.28. The zero-order valence-corrected chi connectivity index (χ0v) is 24.3. The number of hydrogen-bond acceptors (Lipinski definition) is 11. The monoisotopic (exact) mass is 583 g/mol. The quantitative estimate of drug-likeness (QED) is 0.186. The predicted molar refractivity (Wildman–Crippen MR) is 151 cm³/mol. The third kappa shape index (κ3) is 7.48. The lowest BCUT2D eigenvalue weighted by atomic mass is 10.1. The highest BCUT2D eigenvalue weighted by Crippen LogP contribution is 2.38. The summed E-state index contributed by atoms with van der Waals surface area (Å²) in [5.74, 6) is 0.936. The van der Waals surface area contributed by atoms with Gasteiger partial charge in [0, 0.05) is 24.4 Å². The van der Waals surface area contributed by atoms with Crippen LogP contribution in [0.4, 0.5) is 5.88 Å². The van der Waals surface area contributed by atoms with Gasteiger partial charge >= 0.3 is 5.88 Å². The van der Waals surface area contributed by atoms with Crippen molar-refractivity contribution in [2.45, 2.75) is 13.3 Å². The summed E-state index contributed by atoms with van der Waals surface area (Å²) in [5.41, 5.74) is 1.35. The van der Waals surface area contributed by atoms with Crippen molar-refractivity contribution < 1.29 is 38.2 Å². The fourth-order valence-corrected chi connectivity index (χ4v) is 5.08. The van der Waals surface area contributed by atoms with Crippen LogP contribution in [-0.4, -0.2) is 80.4 Å². The first-order chi connectivity index (χ1) is 19.8. The minimum Gasteiger partial charge on any atom is -0.861 e. The van der Waals surface area contributed by atoms with Crippen LogP contribution in [0, 0.1) is 5.92 Å². The molecule has 0 saturated carbocycles. The maximum atomic E-state index is 13.0. The summed E-state index contributed by atoms with van der Waals surface area (Å²) in [6, 6.07) is 12.5.